The molecule has 1 rings (SSSR count). The molecule has 0 radical (unpaired) electrons. The summed E-state index contributed by atoms with van der Waals surface area (Å²) in [5, 5.41) is 0. The third-order valence-electron chi connectivity index (χ3n) is 3.58. The Labute approximate surface area is 134 Å². The lowest BCUT2D eigenvalue weighted by Gasteiger charge is -2.32. The number of hydrogen-bond donors (Lipinski definition) is 1. The molecule has 0 aromatic heterocycles. The summed E-state index contributed by atoms with van der Waals surface area (Å²) in [5.41, 5.74) is 0. The molecular formula is C17H30O2S2. The summed E-state index contributed by atoms with van der Waals surface area (Å²) >= 11 is 0. The molecule has 1 aromatic carbocycles. The Hall–Kier alpha value is -0.610. The number of benzene rings is 1. The lowest BCUT2D eigenvalue weighted by molar-refractivity contribution is -0.143. The van der Waals surface area contributed by atoms with Crippen LogP contribution < -0.4 is 0 Å². The zero-order valence-electron chi connectivity index (χ0n) is 14.0. The summed E-state index contributed by atoms with van der Waals surface area (Å²) in [5.74, 6) is 1.12. The van der Waals surface area contributed by atoms with Crippen LogP contribution in [0.25, 0.3) is 0 Å². The Balaban J connectivity index is 2.47. The molecule has 0 saturated carbocycles. The molecule has 4 heteroatoms. The van der Waals surface area contributed by atoms with Gasteiger partial charge in [0, 0.05) is 6.42 Å². The lowest BCUT2D eigenvalue weighted by Crippen LogP contribution is -2.06. The quantitative estimate of drug-likeness (QED) is 0.432. The highest BCUT2D eigenvalue weighted by molar-refractivity contribution is 8.32. The number of thiol groups is 1. The normalized spacial score (nSPS) is 12.9. The van der Waals surface area contributed by atoms with Crippen molar-refractivity contribution in [2.75, 3.05) is 37.4 Å². The van der Waals surface area contributed by atoms with Crippen LogP contribution in [0.3, 0.4) is 0 Å². The Kier molecular flexibility index (Phi) is 7.67. The molecule has 0 atom stereocenters. The van der Waals surface area contributed by atoms with Crippen LogP contribution in [-0.2, 0) is 9.53 Å². The standard InChI is InChI=1S/C17H30O2S2/c1-6-19-17(18)9-7-8-14-21(4,5)16-12-10-15(11-13-16)20(2)3/h10-13,20H,6-9,14H2,1-5H3. The van der Waals surface area contributed by atoms with Crippen LogP contribution in [0.2, 0.25) is 0 Å². The van der Waals surface area contributed by atoms with Crippen LogP contribution in [0.4, 0.5) is 0 Å². The molecule has 0 bridgehead atoms. The smallest absolute Gasteiger partial charge is 0.305 e. The monoisotopic (exact) mass is 330 g/mol. The van der Waals surface area contributed by atoms with Crippen molar-refractivity contribution in [2.45, 2.75) is 36.0 Å². The number of esters is 1. The zero-order valence-corrected chi connectivity index (χ0v) is 15.7. The maximum atomic E-state index is 11.3. The van der Waals surface area contributed by atoms with Gasteiger partial charge in [0.1, 0.15) is 0 Å². The molecule has 2 nitrogen and oxygen atoms in total. The second kappa shape index (κ2) is 8.74. The van der Waals surface area contributed by atoms with E-state index in [1.165, 1.54) is 15.5 Å². The number of rotatable bonds is 8. The molecule has 0 amide bonds. The number of hydrogen-bond acceptors (Lipinski definition) is 2. The molecular weight excluding hydrogens is 300 g/mol. The van der Waals surface area contributed by atoms with Crippen molar-refractivity contribution in [1.82, 2.24) is 0 Å². The molecule has 0 spiro atoms. The zero-order chi connectivity index (χ0) is 15.9. The van der Waals surface area contributed by atoms with E-state index >= 15 is 0 Å². The molecule has 0 N–H and O–H groups in total. The Bertz CT molecular complexity index is 439. The van der Waals surface area contributed by atoms with Crippen molar-refractivity contribution >= 4 is 26.9 Å². The van der Waals surface area contributed by atoms with Gasteiger partial charge >= 0.3 is 5.97 Å². The van der Waals surface area contributed by atoms with Crippen molar-refractivity contribution < 1.29 is 9.53 Å². The van der Waals surface area contributed by atoms with E-state index in [4.69, 9.17) is 4.74 Å². The third-order valence-corrected chi connectivity index (χ3v) is 7.77. The van der Waals surface area contributed by atoms with E-state index < -0.39 is 10.0 Å². The second-order valence-electron chi connectivity index (χ2n) is 5.89. The molecule has 0 saturated heterocycles. The molecule has 0 unspecified atom stereocenters. The van der Waals surface area contributed by atoms with Gasteiger partial charge < -0.3 is 4.74 Å². The minimum Gasteiger partial charge on any atom is -0.466 e. The summed E-state index contributed by atoms with van der Waals surface area (Å²) in [4.78, 5) is 14.3. The van der Waals surface area contributed by atoms with Crippen molar-refractivity contribution in [3.8, 4) is 0 Å². The summed E-state index contributed by atoms with van der Waals surface area (Å²) in [6.07, 6.45) is 11.9. The van der Waals surface area contributed by atoms with E-state index in [1.807, 2.05) is 6.92 Å². The Morgan fingerprint density at radius 3 is 2.29 bits per heavy atom. The van der Waals surface area contributed by atoms with Crippen molar-refractivity contribution in [2.24, 2.45) is 0 Å². The van der Waals surface area contributed by atoms with Crippen LogP contribution in [-0.4, -0.2) is 43.4 Å². The van der Waals surface area contributed by atoms with Gasteiger partial charge in [-0.2, -0.15) is 0 Å². The minimum absolute atomic E-state index is 0.0107. The number of carbonyl (C=O) groups is 1. The minimum atomic E-state index is -0.758. The molecule has 122 valence electrons. The van der Waals surface area contributed by atoms with E-state index in [2.05, 4.69) is 49.3 Å². The molecule has 0 aliphatic carbocycles. The summed E-state index contributed by atoms with van der Waals surface area (Å²) in [7, 11) is -0.769. The summed E-state index contributed by atoms with van der Waals surface area (Å²) in [6.45, 7) is 2.34. The fourth-order valence-corrected chi connectivity index (χ4v) is 4.98. The van der Waals surface area contributed by atoms with Crippen LogP contribution >= 0.6 is 20.9 Å². The summed E-state index contributed by atoms with van der Waals surface area (Å²) in [6, 6.07) is 9.18. The number of carbonyl (C=O) groups excluding carboxylic acids is 1. The third kappa shape index (κ3) is 6.35. The van der Waals surface area contributed by atoms with E-state index in [9.17, 15) is 4.79 Å². The first-order chi connectivity index (χ1) is 9.86. The molecule has 0 aliphatic heterocycles. The van der Waals surface area contributed by atoms with Crippen LogP contribution in [0.1, 0.15) is 26.2 Å². The molecule has 21 heavy (non-hydrogen) atoms. The van der Waals surface area contributed by atoms with Gasteiger partial charge in [-0.15, -0.1) is 0 Å². The van der Waals surface area contributed by atoms with E-state index in [0.29, 0.717) is 13.0 Å². The highest BCUT2D eigenvalue weighted by Crippen LogP contribution is 2.50. The van der Waals surface area contributed by atoms with Gasteiger partial charge in [0.25, 0.3) is 0 Å². The molecule has 0 heterocycles. The number of ether oxygens (including phenoxy) is 1. The number of unbranched alkanes of at least 4 members (excludes halogenated alkanes) is 1. The van der Waals surface area contributed by atoms with Crippen molar-refractivity contribution in [3.63, 3.8) is 0 Å². The predicted octanol–water partition coefficient (Wildman–Crippen LogP) is 4.46. The first-order valence-electron chi connectivity index (χ1n) is 7.51. The summed E-state index contributed by atoms with van der Waals surface area (Å²) < 4.78 is 4.96. The SMILES string of the molecule is CCOC(=O)CCCCS(C)(C)c1ccc([SH](C)C)cc1. The van der Waals surface area contributed by atoms with Gasteiger partial charge in [0.15, 0.2) is 0 Å². The van der Waals surface area contributed by atoms with Crippen LogP contribution in [0, 0.1) is 0 Å². The van der Waals surface area contributed by atoms with Gasteiger partial charge in [0.05, 0.1) is 6.61 Å². The fraction of sp³-hybridized carbons (Fsp3) is 0.588. The lowest BCUT2D eigenvalue weighted by atomic mass is 10.2. The van der Waals surface area contributed by atoms with E-state index in [1.54, 1.807) is 0 Å². The van der Waals surface area contributed by atoms with Gasteiger partial charge in [-0.05, 0) is 84.6 Å². The molecule has 0 fully saturated rings. The van der Waals surface area contributed by atoms with Gasteiger partial charge in [-0.3, -0.25) is 4.79 Å². The van der Waals surface area contributed by atoms with Gasteiger partial charge in [0.2, 0.25) is 0 Å². The maximum Gasteiger partial charge on any atom is 0.305 e. The highest BCUT2D eigenvalue weighted by atomic mass is 32.3. The van der Waals surface area contributed by atoms with Crippen molar-refractivity contribution in [1.29, 1.82) is 0 Å². The second-order valence-corrected chi connectivity index (χ2v) is 12.2. The molecule has 0 aliphatic rings. The Morgan fingerprint density at radius 1 is 1.14 bits per heavy atom. The van der Waals surface area contributed by atoms with Gasteiger partial charge in [-0.25, -0.2) is 20.9 Å². The fourth-order valence-electron chi connectivity index (χ4n) is 2.20. The van der Waals surface area contributed by atoms with E-state index in [0.717, 1.165) is 12.8 Å². The van der Waals surface area contributed by atoms with Gasteiger partial charge in [-0.1, -0.05) is 0 Å². The maximum absolute atomic E-state index is 11.3. The Morgan fingerprint density at radius 2 is 1.76 bits per heavy atom. The van der Waals surface area contributed by atoms with Crippen LogP contribution in [0.15, 0.2) is 34.1 Å². The van der Waals surface area contributed by atoms with Crippen LogP contribution in [0.5, 0.6) is 0 Å². The topological polar surface area (TPSA) is 26.3 Å². The largest absolute Gasteiger partial charge is 0.466 e. The first-order valence-corrected chi connectivity index (χ1v) is 12.4. The van der Waals surface area contributed by atoms with Crippen molar-refractivity contribution in [3.05, 3.63) is 24.3 Å². The predicted molar refractivity (Wildman–Crippen MR) is 98.6 cm³/mol. The average Bonchev–Trinajstić information content (AvgIpc) is 2.44. The molecule has 1 aromatic rings. The average molecular weight is 331 g/mol. The van der Waals surface area contributed by atoms with E-state index in [-0.39, 0.29) is 16.9 Å². The first kappa shape index (κ1) is 18.4. The highest BCUT2D eigenvalue weighted by Gasteiger charge is 2.15.